The van der Waals surface area contributed by atoms with Crippen LogP contribution in [0.2, 0.25) is 0 Å². The minimum Gasteiger partial charge on any atom is -0.394 e. The molecule has 0 aromatic heterocycles. The topological polar surface area (TPSA) is 156 Å². The SMILES string of the molecule is C.O=C1c2ccccc2C(=O)N1[C@@H](CSc1ccccc1)[C@@H](O)CO.O=C1c2ccccc2C(=O)N1[C@@H](CSc1ccccc1)[C@H](O)CO. The molecule has 2 heterocycles. The first-order chi connectivity index (χ1) is 23.3. The summed E-state index contributed by atoms with van der Waals surface area (Å²) in [6.07, 6.45) is -2.38. The number of carbonyl (C=O) groups is 4. The van der Waals surface area contributed by atoms with Crippen LogP contribution in [0.5, 0.6) is 0 Å². The second-order valence-corrected chi connectivity index (χ2v) is 13.1. The average Bonchev–Trinajstić information content (AvgIpc) is 3.53. The molecule has 4 N–H and O–H groups in total. The lowest BCUT2D eigenvalue weighted by molar-refractivity contribution is 0.0202. The molecule has 10 nitrogen and oxygen atoms in total. The minimum absolute atomic E-state index is 0. The third-order valence-corrected chi connectivity index (χ3v) is 10.1. The standard InChI is InChI=1S/2C18H17NO4S.CH4/c2*20-10-16(21)15(11-24-12-6-2-1-3-7-12)19-17(22)13-8-4-5-9-14(13)18(19)23;/h2*1-9,15-16,20-21H,10-11H2;1H4/t15-,16+;15-,16-;/m00./s1. The number of thioether (sulfide) groups is 2. The van der Waals surface area contributed by atoms with E-state index < -0.39 is 61.1 Å². The van der Waals surface area contributed by atoms with Crippen LogP contribution in [0.15, 0.2) is 119 Å². The molecular weight excluding hydrogens is 665 g/mol. The number of hydrogen-bond acceptors (Lipinski definition) is 10. The lowest BCUT2D eigenvalue weighted by Gasteiger charge is -2.29. The molecule has 49 heavy (non-hydrogen) atoms. The first-order valence-electron chi connectivity index (χ1n) is 15.1. The molecule has 6 rings (SSSR count). The number of carbonyl (C=O) groups excluding carboxylic acids is 4. The van der Waals surface area contributed by atoms with Crippen LogP contribution in [0.3, 0.4) is 0 Å². The van der Waals surface area contributed by atoms with Gasteiger partial charge in [-0.25, -0.2) is 0 Å². The van der Waals surface area contributed by atoms with Gasteiger partial charge in [-0.15, -0.1) is 23.5 Å². The van der Waals surface area contributed by atoms with E-state index in [1.165, 1.54) is 23.5 Å². The Bertz CT molecular complexity index is 1560. The van der Waals surface area contributed by atoms with Crippen LogP contribution in [-0.2, 0) is 0 Å². The van der Waals surface area contributed by atoms with Gasteiger partial charge in [-0.05, 0) is 48.5 Å². The van der Waals surface area contributed by atoms with Gasteiger partial charge in [0, 0.05) is 21.3 Å². The van der Waals surface area contributed by atoms with Gasteiger partial charge in [-0.2, -0.15) is 0 Å². The van der Waals surface area contributed by atoms with Crippen molar-refractivity contribution in [3.8, 4) is 0 Å². The summed E-state index contributed by atoms with van der Waals surface area (Å²) in [6, 6.07) is 30.6. The smallest absolute Gasteiger partial charge is 0.261 e. The van der Waals surface area contributed by atoms with E-state index in [0.717, 1.165) is 19.6 Å². The van der Waals surface area contributed by atoms with Gasteiger partial charge in [0.05, 0.1) is 59.8 Å². The van der Waals surface area contributed by atoms with Crippen molar-refractivity contribution in [1.29, 1.82) is 0 Å². The fourth-order valence-electron chi connectivity index (χ4n) is 5.37. The van der Waals surface area contributed by atoms with Gasteiger partial charge >= 0.3 is 0 Å². The van der Waals surface area contributed by atoms with Crippen LogP contribution >= 0.6 is 23.5 Å². The highest BCUT2D eigenvalue weighted by atomic mass is 32.2. The molecule has 2 aliphatic rings. The van der Waals surface area contributed by atoms with Crippen molar-refractivity contribution in [2.75, 3.05) is 24.7 Å². The van der Waals surface area contributed by atoms with E-state index in [4.69, 9.17) is 0 Å². The van der Waals surface area contributed by atoms with E-state index in [9.17, 15) is 39.6 Å². The fourth-order valence-corrected chi connectivity index (χ4v) is 7.54. The second kappa shape index (κ2) is 17.4. The minimum atomic E-state index is -1.19. The predicted molar refractivity (Wildman–Crippen MR) is 189 cm³/mol. The van der Waals surface area contributed by atoms with Crippen molar-refractivity contribution in [2.24, 2.45) is 0 Å². The second-order valence-electron chi connectivity index (χ2n) is 10.9. The summed E-state index contributed by atoms with van der Waals surface area (Å²) in [5.41, 5.74) is 1.34. The molecule has 0 radical (unpaired) electrons. The van der Waals surface area contributed by atoms with Crippen LogP contribution < -0.4 is 0 Å². The molecule has 0 bridgehead atoms. The number of hydrogen-bond donors (Lipinski definition) is 4. The van der Waals surface area contributed by atoms with E-state index in [2.05, 4.69) is 0 Å². The Labute approximate surface area is 293 Å². The van der Waals surface area contributed by atoms with Crippen molar-refractivity contribution in [3.63, 3.8) is 0 Å². The Morgan fingerprint density at radius 3 is 1.00 bits per heavy atom. The number of amides is 4. The molecule has 0 spiro atoms. The number of imide groups is 2. The Balaban J connectivity index is 0.000000216. The maximum Gasteiger partial charge on any atom is 0.261 e. The van der Waals surface area contributed by atoms with Gasteiger partial charge in [-0.1, -0.05) is 68.1 Å². The summed E-state index contributed by atoms with van der Waals surface area (Å²) in [5.74, 6) is -1.11. The predicted octanol–water partition coefficient (Wildman–Crippen LogP) is 4.23. The van der Waals surface area contributed by atoms with E-state index in [1.54, 1.807) is 48.5 Å². The molecular formula is C37H38N2O8S2. The molecule has 0 saturated heterocycles. The molecule has 0 fully saturated rings. The van der Waals surface area contributed by atoms with Crippen molar-refractivity contribution >= 4 is 47.2 Å². The third kappa shape index (κ3) is 8.30. The zero-order valence-corrected chi connectivity index (χ0v) is 27.3. The highest BCUT2D eigenvalue weighted by Crippen LogP contribution is 2.30. The molecule has 12 heteroatoms. The average molecular weight is 703 g/mol. The van der Waals surface area contributed by atoms with Gasteiger partial charge in [0.1, 0.15) is 0 Å². The summed E-state index contributed by atoms with van der Waals surface area (Å²) in [5, 5.41) is 39.0. The maximum absolute atomic E-state index is 12.6. The van der Waals surface area contributed by atoms with Gasteiger partial charge in [0.25, 0.3) is 23.6 Å². The van der Waals surface area contributed by atoms with E-state index in [-0.39, 0.29) is 7.43 Å². The Morgan fingerprint density at radius 1 is 0.469 bits per heavy atom. The molecule has 4 atom stereocenters. The van der Waals surface area contributed by atoms with Gasteiger partial charge in [0.2, 0.25) is 0 Å². The molecule has 2 aliphatic heterocycles. The van der Waals surface area contributed by atoms with E-state index in [1.807, 2.05) is 60.7 Å². The van der Waals surface area contributed by atoms with Crippen LogP contribution in [0, 0.1) is 0 Å². The summed E-state index contributed by atoms with van der Waals surface area (Å²) in [7, 11) is 0. The van der Waals surface area contributed by atoms with Crippen molar-refractivity contribution in [3.05, 3.63) is 131 Å². The van der Waals surface area contributed by atoms with E-state index in [0.29, 0.717) is 33.8 Å². The fraction of sp³-hybridized carbons (Fsp3) is 0.243. The summed E-state index contributed by atoms with van der Waals surface area (Å²) in [4.78, 5) is 54.4. The van der Waals surface area contributed by atoms with Crippen LogP contribution in [0.1, 0.15) is 48.9 Å². The summed E-state index contributed by atoms with van der Waals surface area (Å²) in [6.45, 7) is -1.04. The molecule has 4 amide bonds. The number of benzene rings is 4. The highest BCUT2D eigenvalue weighted by Gasteiger charge is 2.43. The number of fused-ring (bicyclic) bond motifs is 2. The number of aliphatic hydroxyl groups excluding tert-OH is 4. The molecule has 256 valence electrons. The molecule has 0 aliphatic carbocycles. The van der Waals surface area contributed by atoms with Gasteiger partial charge in [-0.3, -0.25) is 29.0 Å². The first-order valence-corrected chi connectivity index (χ1v) is 17.1. The molecule has 4 aromatic carbocycles. The van der Waals surface area contributed by atoms with Crippen molar-refractivity contribution < 1.29 is 39.6 Å². The number of nitrogens with zero attached hydrogens (tertiary/aromatic N) is 2. The summed E-state index contributed by atoms with van der Waals surface area (Å²) >= 11 is 2.85. The Hall–Kier alpha value is -4.30. The number of rotatable bonds is 12. The molecule has 4 aromatic rings. The lowest BCUT2D eigenvalue weighted by atomic mass is 10.1. The van der Waals surface area contributed by atoms with Crippen molar-refractivity contribution in [2.45, 2.75) is 41.5 Å². The van der Waals surface area contributed by atoms with Crippen LogP contribution in [-0.4, -0.2) is 103 Å². The Morgan fingerprint density at radius 2 is 0.735 bits per heavy atom. The van der Waals surface area contributed by atoms with E-state index >= 15 is 0 Å². The van der Waals surface area contributed by atoms with Crippen molar-refractivity contribution in [1.82, 2.24) is 9.80 Å². The zero-order chi connectivity index (χ0) is 34.2. The van der Waals surface area contributed by atoms with Gasteiger partial charge < -0.3 is 20.4 Å². The Kier molecular flexibility index (Phi) is 13.3. The maximum atomic E-state index is 12.6. The first kappa shape index (κ1) is 37.5. The largest absolute Gasteiger partial charge is 0.394 e. The lowest BCUT2D eigenvalue weighted by Crippen LogP contribution is -2.49. The van der Waals surface area contributed by atoms with Crippen LogP contribution in [0.4, 0.5) is 0 Å². The zero-order valence-electron chi connectivity index (χ0n) is 25.7. The molecule has 0 unspecified atom stereocenters. The normalized spacial score (nSPS) is 15.8. The van der Waals surface area contributed by atoms with Crippen LogP contribution in [0.25, 0.3) is 0 Å². The third-order valence-electron chi connectivity index (χ3n) is 7.90. The monoisotopic (exact) mass is 702 g/mol. The molecule has 0 saturated carbocycles. The number of aliphatic hydroxyl groups is 4. The quantitative estimate of drug-likeness (QED) is 0.125. The highest BCUT2D eigenvalue weighted by molar-refractivity contribution is 7.99. The summed E-state index contributed by atoms with van der Waals surface area (Å²) < 4.78 is 0. The van der Waals surface area contributed by atoms with Gasteiger partial charge in [0.15, 0.2) is 0 Å².